The van der Waals surface area contributed by atoms with Crippen molar-refractivity contribution in [2.24, 2.45) is 0 Å². The summed E-state index contributed by atoms with van der Waals surface area (Å²) in [5.74, 6) is -0.289. The van der Waals surface area contributed by atoms with E-state index in [1.54, 1.807) is 0 Å². The van der Waals surface area contributed by atoms with Crippen LogP contribution in [0.5, 0.6) is 0 Å². The predicted octanol–water partition coefficient (Wildman–Crippen LogP) is 0.447. The maximum Gasteiger partial charge on any atom is 0.266 e. The van der Waals surface area contributed by atoms with E-state index in [9.17, 15) is 8.42 Å². The molecule has 0 radical (unpaired) electrons. The van der Waals surface area contributed by atoms with Crippen molar-refractivity contribution in [1.29, 1.82) is 0 Å². The van der Waals surface area contributed by atoms with Gasteiger partial charge in [0.15, 0.2) is 0 Å². The zero-order chi connectivity index (χ0) is 32.1. The van der Waals surface area contributed by atoms with Crippen LogP contribution in [-0.2, 0) is 62.2 Å². The number of hydrogen-bond donors (Lipinski definition) is 2. The standard InChI is InChI=1S/C28H59NO14S/c1-2-6-33-8-10-35-12-14-37-16-18-39-20-22-41-24-26-43-27-25-42-23-21-40-19-17-38-15-13-36-11-9-34-7-3-4-29-5-28-44(30,31)32/h29H,2-28H2,1H3,(H,30,31,32). The Kier molecular flexibility index (Phi) is 36.4. The number of nitrogens with one attached hydrogen (secondary N) is 1. The molecule has 0 aliphatic heterocycles. The van der Waals surface area contributed by atoms with E-state index in [-0.39, 0.29) is 12.3 Å². The first-order valence-corrected chi connectivity index (χ1v) is 17.2. The third-order valence-electron chi connectivity index (χ3n) is 5.25. The molecule has 0 heterocycles. The lowest BCUT2D eigenvalue weighted by Crippen LogP contribution is -2.24. The van der Waals surface area contributed by atoms with Crippen LogP contribution in [0.1, 0.15) is 19.8 Å². The SMILES string of the molecule is CCCOCCOCCOCCOCCOCCOCCOCCOCCOCCOCCOCCCNCCS(=O)(=O)O. The van der Waals surface area contributed by atoms with Gasteiger partial charge in [-0.15, -0.1) is 0 Å². The maximum absolute atomic E-state index is 10.6. The van der Waals surface area contributed by atoms with Crippen molar-refractivity contribution in [2.75, 3.05) is 164 Å². The Labute approximate surface area is 264 Å². The molecule has 0 bridgehead atoms. The van der Waals surface area contributed by atoms with Crippen LogP contribution in [0.15, 0.2) is 0 Å². The molecule has 0 atom stereocenters. The molecular weight excluding hydrogens is 606 g/mol. The molecule has 2 N–H and O–H groups in total. The summed E-state index contributed by atoms with van der Waals surface area (Å²) in [5.41, 5.74) is 0. The fourth-order valence-electron chi connectivity index (χ4n) is 3.07. The highest BCUT2D eigenvalue weighted by Gasteiger charge is 2.02. The number of hydrogen-bond acceptors (Lipinski definition) is 14. The van der Waals surface area contributed by atoms with E-state index in [1.807, 2.05) is 0 Å². The Balaban J connectivity index is 3.05. The normalized spacial score (nSPS) is 12.0. The molecule has 0 aromatic rings. The Morgan fingerprint density at radius 1 is 0.409 bits per heavy atom. The molecule has 0 saturated heterocycles. The third kappa shape index (κ3) is 41.4. The van der Waals surface area contributed by atoms with Crippen molar-refractivity contribution in [3.8, 4) is 0 Å². The molecule has 0 aromatic carbocycles. The zero-order valence-electron chi connectivity index (χ0n) is 26.8. The van der Waals surface area contributed by atoms with Crippen molar-refractivity contribution in [3.63, 3.8) is 0 Å². The van der Waals surface area contributed by atoms with Gasteiger partial charge in [-0.3, -0.25) is 4.55 Å². The second-order valence-electron chi connectivity index (χ2n) is 9.13. The lowest BCUT2D eigenvalue weighted by atomic mass is 10.4. The van der Waals surface area contributed by atoms with Crippen LogP contribution in [0.3, 0.4) is 0 Å². The first kappa shape index (κ1) is 43.4. The van der Waals surface area contributed by atoms with Crippen LogP contribution in [0, 0.1) is 0 Å². The van der Waals surface area contributed by atoms with Crippen molar-refractivity contribution < 1.29 is 65.1 Å². The second kappa shape index (κ2) is 36.9. The molecule has 0 unspecified atom stereocenters. The van der Waals surface area contributed by atoms with E-state index in [4.69, 9.17) is 56.7 Å². The van der Waals surface area contributed by atoms with E-state index in [0.717, 1.165) is 19.4 Å². The number of rotatable bonds is 39. The monoisotopic (exact) mass is 665 g/mol. The minimum atomic E-state index is -3.90. The van der Waals surface area contributed by atoms with Crippen LogP contribution in [0.2, 0.25) is 0 Å². The van der Waals surface area contributed by atoms with Gasteiger partial charge in [-0.2, -0.15) is 8.42 Å². The van der Waals surface area contributed by atoms with Gasteiger partial charge in [0, 0.05) is 19.8 Å². The molecule has 16 heteroatoms. The summed E-state index contributed by atoms with van der Waals surface area (Å²) in [6, 6.07) is 0. The predicted molar refractivity (Wildman–Crippen MR) is 163 cm³/mol. The highest BCUT2D eigenvalue weighted by molar-refractivity contribution is 7.85. The van der Waals surface area contributed by atoms with Crippen LogP contribution in [0.25, 0.3) is 0 Å². The average Bonchev–Trinajstić information content (AvgIpc) is 3.00. The fraction of sp³-hybridized carbons (Fsp3) is 1.00. The minimum absolute atomic E-state index is 0.220. The van der Waals surface area contributed by atoms with Crippen LogP contribution < -0.4 is 5.32 Å². The van der Waals surface area contributed by atoms with Gasteiger partial charge >= 0.3 is 0 Å². The van der Waals surface area contributed by atoms with Crippen molar-refractivity contribution in [1.82, 2.24) is 5.32 Å². The summed E-state index contributed by atoms with van der Waals surface area (Å²) in [7, 11) is -3.90. The zero-order valence-corrected chi connectivity index (χ0v) is 27.6. The summed E-state index contributed by atoms with van der Waals surface area (Å²) in [4.78, 5) is 0. The molecule has 0 fully saturated rings. The fourth-order valence-corrected chi connectivity index (χ4v) is 3.47. The van der Waals surface area contributed by atoms with Crippen molar-refractivity contribution >= 4 is 10.1 Å². The molecule has 15 nitrogen and oxygen atoms in total. The Hall–Kier alpha value is -0.570. The third-order valence-corrected chi connectivity index (χ3v) is 5.97. The second-order valence-corrected chi connectivity index (χ2v) is 10.7. The van der Waals surface area contributed by atoms with Gasteiger partial charge in [-0.05, 0) is 19.4 Å². The number of ether oxygens (including phenoxy) is 11. The molecule has 0 aliphatic rings. The van der Waals surface area contributed by atoms with E-state index < -0.39 is 10.1 Å². The molecule has 0 spiro atoms. The smallest absolute Gasteiger partial charge is 0.266 e. The van der Waals surface area contributed by atoms with E-state index in [2.05, 4.69) is 12.2 Å². The first-order chi connectivity index (χ1) is 21.6. The van der Waals surface area contributed by atoms with Gasteiger partial charge < -0.3 is 57.4 Å². The van der Waals surface area contributed by atoms with E-state index in [0.29, 0.717) is 145 Å². The molecule has 0 aromatic heterocycles. The molecule has 0 aliphatic carbocycles. The van der Waals surface area contributed by atoms with Gasteiger partial charge in [-0.1, -0.05) is 6.92 Å². The molecular formula is C28H59NO14S. The Bertz CT molecular complexity index is 648. The first-order valence-electron chi connectivity index (χ1n) is 15.6. The highest BCUT2D eigenvalue weighted by atomic mass is 32.2. The molecule has 0 saturated carbocycles. The van der Waals surface area contributed by atoms with Crippen LogP contribution >= 0.6 is 0 Å². The van der Waals surface area contributed by atoms with Gasteiger partial charge in [-0.25, -0.2) is 0 Å². The summed E-state index contributed by atoms with van der Waals surface area (Å²) >= 11 is 0. The molecule has 266 valence electrons. The van der Waals surface area contributed by atoms with Crippen LogP contribution in [-0.4, -0.2) is 177 Å². The van der Waals surface area contributed by atoms with Gasteiger partial charge in [0.05, 0.1) is 138 Å². The highest BCUT2D eigenvalue weighted by Crippen LogP contribution is 1.88. The quantitative estimate of drug-likeness (QED) is 0.0685. The molecule has 0 rings (SSSR count). The maximum atomic E-state index is 10.6. The molecule has 44 heavy (non-hydrogen) atoms. The van der Waals surface area contributed by atoms with Gasteiger partial charge in [0.2, 0.25) is 0 Å². The summed E-state index contributed by atoms with van der Waals surface area (Å²) in [6.07, 6.45) is 1.76. The van der Waals surface area contributed by atoms with Crippen LogP contribution in [0.4, 0.5) is 0 Å². The summed E-state index contributed by atoms with van der Waals surface area (Å²) in [5, 5.41) is 2.92. The lowest BCUT2D eigenvalue weighted by molar-refractivity contribution is -0.0275. The summed E-state index contributed by atoms with van der Waals surface area (Å²) < 4.78 is 89.4. The van der Waals surface area contributed by atoms with E-state index >= 15 is 0 Å². The van der Waals surface area contributed by atoms with Gasteiger partial charge in [0.25, 0.3) is 10.1 Å². The Morgan fingerprint density at radius 3 is 0.909 bits per heavy atom. The Morgan fingerprint density at radius 2 is 0.659 bits per heavy atom. The van der Waals surface area contributed by atoms with E-state index in [1.165, 1.54) is 0 Å². The van der Waals surface area contributed by atoms with Gasteiger partial charge in [0.1, 0.15) is 0 Å². The topological polar surface area (TPSA) is 168 Å². The van der Waals surface area contributed by atoms with Crippen molar-refractivity contribution in [3.05, 3.63) is 0 Å². The largest absolute Gasteiger partial charge is 0.379 e. The lowest BCUT2D eigenvalue weighted by Gasteiger charge is -2.09. The minimum Gasteiger partial charge on any atom is -0.379 e. The average molecular weight is 666 g/mol. The summed E-state index contributed by atoms with van der Waals surface area (Å²) in [6.45, 7) is 14.5. The van der Waals surface area contributed by atoms with Crippen molar-refractivity contribution in [2.45, 2.75) is 19.8 Å². The molecule has 0 amide bonds.